The molecule has 0 saturated heterocycles. The minimum absolute atomic E-state index is 0.159. The van der Waals surface area contributed by atoms with E-state index in [0.29, 0.717) is 17.2 Å². The zero-order chi connectivity index (χ0) is 22.0. The average molecular weight is 454 g/mol. The molecule has 1 aromatic rings. The number of alkyl halides is 3. The van der Waals surface area contributed by atoms with Crippen LogP contribution in [0.4, 0.5) is 13.2 Å². The van der Waals surface area contributed by atoms with Crippen molar-refractivity contribution >= 4 is 17.7 Å². The van der Waals surface area contributed by atoms with Crippen molar-refractivity contribution < 1.29 is 27.8 Å². The Labute approximate surface area is 184 Å². The van der Waals surface area contributed by atoms with E-state index in [1.165, 1.54) is 49.6 Å². The van der Waals surface area contributed by atoms with Crippen LogP contribution in [0.2, 0.25) is 0 Å². The van der Waals surface area contributed by atoms with E-state index in [4.69, 9.17) is 4.74 Å². The SMILES string of the molecule is O=C(O)C1=CC=CN(CC2CC3CCC2C3)C1SCCOc1cccc(C(F)(F)F)c1. The van der Waals surface area contributed by atoms with Crippen molar-refractivity contribution in [3.05, 3.63) is 53.8 Å². The molecule has 0 aromatic heterocycles. The van der Waals surface area contributed by atoms with Crippen molar-refractivity contribution in [2.24, 2.45) is 17.8 Å². The highest BCUT2D eigenvalue weighted by Gasteiger charge is 2.41. The van der Waals surface area contributed by atoms with E-state index in [1.54, 1.807) is 12.2 Å². The lowest BCUT2D eigenvalue weighted by Gasteiger charge is -2.36. The predicted octanol–water partition coefficient (Wildman–Crippen LogP) is 5.42. The zero-order valence-corrected chi connectivity index (χ0v) is 17.9. The summed E-state index contributed by atoms with van der Waals surface area (Å²) in [6.07, 6.45) is 6.08. The average Bonchev–Trinajstić information content (AvgIpc) is 3.34. The molecule has 0 radical (unpaired) electrons. The molecule has 1 aromatic carbocycles. The zero-order valence-electron chi connectivity index (χ0n) is 17.1. The highest BCUT2D eigenvalue weighted by molar-refractivity contribution is 8.00. The molecule has 0 amide bonds. The molecule has 0 spiro atoms. The van der Waals surface area contributed by atoms with Gasteiger partial charge in [-0.3, -0.25) is 0 Å². The highest BCUT2D eigenvalue weighted by atomic mass is 32.2. The Morgan fingerprint density at radius 2 is 2.10 bits per heavy atom. The molecule has 4 nitrogen and oxygen atoms in total. The second-order valence-corrected chi connectivity index (χ2v) is 9.69. The summed E-state index contributed by atoms with van der Waals surface area (Å²) >= 11 is 1.45. The molecule has 2 saturated carbocycles. The molecule has 1 aliphatic heterocycles. The van der Waals surface area contributed by atoms with Gasteiger partial charge in [0.05, 0.1) is 17.7 Å². The minimum atomic E-state index is -4.41. The number of carboxylic acid groups (broad SMARTS) is 1. The van der Waals surface area contributed by atoms with Crippen LogP contribution in [0.1, 0.15) is 31.2 Å². The third-order valence-electron chi connectivity index (χ3n) is 6.49. The molecule has 3 aliphatic rings. The number of rotatable bonds is 8. The van der Waals surface area contributed by atoms with Gasteiger partial charge in [0.1, 0.15) is 11.1 Å². The van der Waals surface area contributed by atoms with E-state index >= 15 is 0 Å². The monoisotopic (exact) mass is 453 g/mol. The molecule has 4 atom stereocenters. The van der Waals surface area contributed by atoms with Crippen LogP contribution in [-0.4, -0.2) is 40.3 Å². The maximum Gasteiger partial charge on any atom is 0.416 e. The van der Waals surface area contributed by atoms with Gasteiger partial charge in [-0.2, -0.15) is 13.2 Å². The van der Waals surface area contributed by atoms with Crippen molar-refractivity contribution in [3.8, 4) is 5.75 Å². The van der Waals surface area contributed by atoms with Crippen LogP contribution in [-0.2, 0) is 11.0 Å². The summed E-state index contributed by atoms with van der Waals surface area (Å²) in [6, 6.07) is 4.80. The predicted molar refractivity (Wildman–Crippen MR) is 114 cm³/mol. The number of halogens is 3. The molecule has 168 valence electrons. The van der Waals surface area contributed by atoms with Crippen LogP contribution in [0.25, 0.3) is 0 Å². The van der Waals surface area contributed by atoms with Crippen molar-refractivity contribution in [2.45, 2.75) is 37.2 Å². The number of thioether (sulfide) groups is 1. The van der Waals surface area contributed by atoms with Gasteiger partial charge in [0.2, 0.25) is 0 Å². The summed E-state index contributed by atoms with van der Waals surface area (Å²) in [7, 11) is 0. The molecular formula is C23H26F3NO3S. The lowest BCUT2D eigenvalue weighted by atomic mass is 9.88. The molecule has 1 heterocycles. The summed E-state index contributed by atoms with van der Waals surface area (Å²) in [5.74, 6) is 1.84. The smallest absolute Gasteiger partial charge is 0.416 e. The van der Waals surface area contributed by atoms with Gasteiger partial charge in [-0.05, 0) is 67.4 Å². The number of hydrogen-bond donors (Lipinski definition) is 1. The maximum atomic E-state index is 12.9. The van der Waals surface area contributed by atoms with Gasteiger partial charge in [0.25, 0.3) is 0 Å². The lowest BCUT2D eigenvalue weighted by molar-refractivity contribution is -0.137. The van der Waals surface area contributed by atoms with Gasteiger partial charge in [0, 0.05) is 18.5 Å². The van der Waals surface area contributed by atoms with Crippen LogP contribution in [0.3, 0.4) is 0 Å². The van der Waals surface area contributed by atoms with E-state index in [-0.39, 0.29) is 17.7 Å². The molecule has 31 heavy (non-hydrogen) atoms. The standard InChI is InChI=1S/C23H26F3NO3S/c24-23(25,26)18-3-1-4-19(13-18)30-9-10-31-21-20(22(28)29)5-2-8-27(21)14-17-12-15-6-7-16(17)11-15/h1-5,8,13,15-17,21H,6-7,9-12,14H2,(H,28,29). The normalized spacial score (nSPS) is 27.5. The van der Waals surface area contributed by atoms with Crippen LogP contribution >= 0.6 is 11.8 Å². The first-order chi connectivity index (χ1) is 14.8. The first-order valence-electron chi connectivity index (χ1n) is 10.6. The summed E-state index contributed by atoms with van der Waals surface area (Å²) in [4.78, 5) is 13.9. The quantitative estimate of drug-likeness (QED) is 0.533. The molecular weight excluding hydrogens is 427 g/mol. The number of aliphatic carboxylic acids is 1. The number of hydrogen-bond acceptors (Lipinski definition) is 4. The van der Waals surface area contributed by atoms with E-state index in [1.807, 2.05) is 6.20 Å². The highest BCUT2D eigenvalue weighted by Crippen LogP contribution is 2.49. The molecule has 8 heteroatoms. The van der Waals surface area contributed by atoms with Gasteiger partial charge < -0.3 is 14.7 Å². The number of nitrogens with zero attached hydrogens (tertiary/aromatic N) is 1. The van der Waals surface area contributed by atoms with Crippen LogP contribution in [0.15, 0.2) is 48.2 Å². The summed E-state index contributed by atoms with van der Waals surface area (Å²) in [5, 5.41) is 9.33. The van der Waals surface area contributed by atoms with Gasteiger partial charge in [-0.1, -0.05) is 12.5 Å². The Bertz CT molecular complexity index is 870. The topological polar surface area (TPSA) is 49.8 Å². The number of carboxylic acids is 1. The van der Waals surface area contributed by atoms with Crippen molar-refractivity contribution in [3.63, 3.8) is 0 Å². The fourth-order valence-electron chi connectivity index (χ4n) is 5.07. The number of ether oxygens (including phenoxy) is 1. The minimum Gasteiger partial charge on any atom is -0.493 e. The Hall–Kier alpha value is -2.09. The van der Waals surface area contributed by atoms with Crippen LogP contribution in [0.5, 0.6) is 5.75 Å². The van der Waals surface area contributed by atoms with Crippen molar-refractivity contribution in [1.82, 2.24) is 4.90 Å². The Kier molecular flexibility index (Phi) is 6.55. The van der Waals surface area contributed by atoms with Gasteiger partial charge in [-0.25, -0.2) is 4.79 Å². The van der Waals surface area contributed by atoms with Crippen molar-refractivity contribution in [2.75, 3.05) is 18.9 Å². The summed E-state index contributed by atoms with van der Waals surface area (Å²) < 4.78 is 44.1. The number of fused-ring (bicyclic) bond motifs is 2. The number of carbonyl (C=O) groups is 1. The third-order valence-corrected chi connectivity index (χ3v) is 7.73. The molecule has 2 bridgehead atoms. The summed E-state index contributed by atoms with van der Waals surface area (Å²) in [5.41, 5.74) is -0.419. The van der Waals surface area contributed by atoms with E-state index in [9.17, 15) is 23.1 Å². The molecule has 4 rings (SSSR count). The fourth-order valence-corrected chi connectivity index (χ4v) is 6.18. The number of allylic oxidation sites excluding steroid dienone is 2. The van der Waals surface area contributed by atoms with Crippen LogP contribution in [0, 0.1) is 17.8 Å². The largest absolute Gasteiger partial charge is 0.493 e. The second-order valence-electron chi connectivity index (χ2n) is 8.50. The first-order valence-corrected chi connectivity index (χ1v) is 11.6. The Balaban J connectivity index is 1.34. The van der Waals surface area contributed by atoms with Crippen molar-refractivity contribution in [1.29, 1.82) is 0 Å². The Morgan fingerprint density at radius 1 is 1.26 bits per heavy atom. The summed E-state index contributed by atoms with van der Waals surface area (Å²) in [6.45, 7) is 1.04. The van der Waals surface area contributed by atoms with E-state index < -0.39 is 17.7 Å². The first kappa shape index (κ1) is 22.1. The van der Waals surface area contributed by atoms with E-state index in [0.717, 1.165) is 30.5 Å². The lowest BCUT2D eigenvalue weighted by Crippen LogP contribution is -2.39. The maximum absolute atomic E-state index is 12.9. The third kappa shape index (κ3) is 5.22. The fraction of sp³-hybridized carbons (Fsp3) is 0.522. The number of benzene rings is 1. The van der Waals surface area contributed by atoms with Gasteiger partial charge >= 0.3 is 12.1 Å². The molecule has 2 aliphatic carbocycles. The second kappa shape index (κ2) is 9.18. The van der Waals surface area contributed by atoms with E-state index in [2.05, 4.69) is 4.90 Å². The van der Waals surface area contributed by atoms with Gasteiger partial charge in [-0.15, -0.1) is 11.8 Å². The molecule has 1 N–H and O–H groups in total. The van der Waals surface area contributed by atoms with Crippen LogP contribution < -0.4 is 4.74 Å². The Morgan fingerprint density at radius 3 is 2.77 bits per heavy atom. The molecule has 2 fully saturated rings. The molecule has 4 unspecified atom stereocenters. The van der Waals surface area contributed by atoms with Gasteiger partial charge in [0.15, 0.2) is 0 Å².